The lowest BCUT2D eigenvalue weighted by Gasteiger charge is -2.18. The summed E-state index contributed by atoms with van der Waals surface area (Å²) in [5.74, 6) is 0.996. The number of carbonyl (C=O) groups is 1. The maximum absolute atomic E-state index is 12.4. The first-order valence-corrected chi connectivity index (χ1v) is 10.7. The fourth-order valence-corrected chi connectivity index (χ4v) is 3.68. The molecule has 1 amide bonds. The highest BCUT2D eigenvalue weighted by Crippen LogP contribution is 2.25. The molecule has 3 rings (SSSR count). The number of nitrogens with zero attached hydrogens (tertiary/aromatic N) is 3. The number of carbonyl (C=O) groups excluding carboxylic acids is 1. The van der Waals surface area contributed by atoms with Crippen LogP contribution >= 0.6 is 23.4 Å². The van der Waals surface area contributed by atoms with Crippen LogP contribution in [0.1, 0.15) is 24.4 Å². The average Bonchev–Trinajstić information content (AvgIpc) is 3.10. The number of hydrogen-bond acceptors (Lipinski definition) is 4. The predicted molar refractivity (Wildman–Crippen MR) is 118 cm³/mol. The van der Waals surface area contributed by atoms with Gasteiger partial charge in [0.1, 0.15) is 6.04 Å². The molecule has 0 saturated heterocycles. The summed E-state index contributed by atoms with van der Waals surface area (Å²) < 4.78 is 2.00. The zero-order valence-electron chi connectivity index (χ0n) is 16.9. The Morgan fingerprint density at radius 1 is 1.21 bits per heavy atom. The zero-order valence-corrected chi connectivity index (χ0v) is 18.5. The van der Waals surface area contributed by atoms with Gasteiger partial charge in [0.25, 0.3) is 0 Å². The van der Waals surface area contributed by atoms with Gasteiger partial charge >= 0.3 is 0 Å². The Balaban J connectivity index is 1.81. The molecule has 1 unspecified atom stereocenters. The van der Waals surface area contributed by atoms with Gasteiger partial charge in [-0.05, 0) is 55.8 Å². The van der Waals surface area contributed by atoms with E-state index in [4.69, 9.17) is 11.6 Å². The maximum atomic E-state index is 12.4. The lowest BCUT2D eigenvalue weighted by Crippen LogP contribution is -3.05. The maximum Gasteiger partial charge on any atom is 0.234 e. The van der Waals surface area contributed by atoms with Crippen molar-refractivity contribution in [1.82, 2.24) is 14.8 Å². The predicted octanol–water partition coefficient (Wildman–Crippen LogP) is 3.17. The molecule has 8 heteroatoms. The molecule has 0 bridgehead atoms. The summed E-state index contributed by atoms with van der Waals surface area (Å²) in [5.41, 5.74) is 2.81. The van der Waals surface area contributed by atoms with Crippen molar-refractivity contribution < 1.29 is 9.69 Å². The molecule has 0 aliphatic carbocycles. The lowest BCUT2D eigenvalue weighted by molar-refractivity contribution is -0.890. The molecule has 0 aliphatic rings. The third-order valence-corrected chi connectivity index (χ3v) is 5.81. The molecular weight excluding hydrogens is 406 g/mol. The first kappa shape index (κ1) is 21.4. The highest BCUT2D eigenvalue weighted by Gasteiger charge is 2.23. The zero-order chi connectivity index (χ0) is 21.0. The number of nitrogens with one attached hydrogen (secondary N) is 2. The number of thioether (sulfide) groups is 1. The molecule has 0 aliphatic heterocycles. The van der Waals surface area contributed by atoms with E-state index in [-0.39, 0.29) is 17.7 Å². The van der Waals surface area contributed by atoms with Crippen molar-refractivity contribution >= 4 is 35.0 Å². The minimum Gasteiger partial charge on any atom is -0.331 e. The molecule has 2 aromatic carbocycles. The van der Waals surface area contributed by atoms with E-state index >= 15 is 0 Å². The topological polar surface area (TPSA) is 64.2 Å². The van der Waals surface area contributed by atoms with Gasteiger partial charge in [0.05, 0.1) is 19.8 Å². The quantitative estimate of drug-likeness (QED) is 0.565. The number of amides is 1. The molecule has 0 spiro atoms. The third-order valence-electron chi connectivity index (χ3n) is 4.63. The molecule has 29 heavy (non-hydrogen) atoms. The van der Waals surface area contributed by atoms with Gasteiger partial charge in [0, 0.05) is 16.4 Å². The summed E-state index contributed by atoms with van der Waals surface area (Å²) in [6, 6.07) is 15.4. The average molecular weight is 431 g/mol. The Hall–Kier alpha value is -2.35. The van der Waals surface area contributed by atoms with E-state index in [0.29, 0.717) is 10.2 Å². The standard InChI is InChI=1S/C21H24ClN5OS/c1-14-6-5-7-17(12-14)23-19(28)13-29-21-25-24-20(15(2)26(3)4)27(21)18-10-8-16(22)9-11-18/h5-12,15H,13H2,1-4H3,(H,23,28)/p+1. The van der Waals surface area contributed by atoms with Crippen molar-refractivity contribution in [3.05, 3.63) is 64.9 Å². The number of benzene rings is 2. The molecule has 6 nitrogen and oxygen atoms in total. The van der Waals surface area contributed by atoms with Crippen LogP contribution < -0.4 is 10.2 Å². The van der Waals surface area contributed by atoms with Gasteiger partial charge in [-0.25, -0.2) is 0 Å². The van der Waals surface area contributed by atoms with Crippen LogP contribution in [0.15, 0.2) is 53.7 Å². The van der Waals surface area contributed by atoms with Gasteiger partial charge in [-0.15, -0.1) is 10.2 Å². The van der Waals surface area contributed by atoms with E-state index in [1.807, 2.05) is 60.0 Å². The molecule has 1 heterocycles. The Bertz CT molecular complexity index is 987. The van der Waals surface area contributed by atoms with Crippen molar-refractivity contribution in [2.45, 2.75) is 25.0 Å². The van der Waals surface area contributed by atoms with Gasteiger partial charge in [-0.3, -0.25) is 9.36 Å². The second kappa shape index (κ2) is 9.43. The van der Waals surface area contributed by atoms with E-state index < -0.39 is 0 Å². The Labute approximate surface area is 180 Å². The smallest absolute Gasteiger partial charge is 0.234 e. The van der Waals surface area contributed by atoms with Gasteiger partial charge in [0.15, 0.2) is 11.0 Å². The van der Waals surface area contributed by atoms with Crippen molar-refractivity contribution in [2.24, 2.45) is 0 Å². The van der Waals surface area contributed by atoms with Crippen molar-refractivity contribution in [2.75, 3.05) is 25.2 Å². The molecule has 152 valence electrons. The highest BCUT2D eigenvalue weighted by molar-refractivity contribution is 7.99. The van der Waals surface area contributed by atoms with Gasteiger partial charge < -0.3 is 10.2 Å². The second-order valence-corrected chi connectivity index (χ2v) is 8.54. The van der Waals surface area contributed by atoms with Crippen LogP contribution in [-0.2, 0) is 4.79 Å². The van der Waals surface area contributed by atoms with E-state index in [2.05, 4.69) is 36.5 Å². The largest absolute Gasteiger partial charge is 0.331 e. The van der Waals surface area contributed by atoms with Crippen LogP contribution in [0.5, 0.6) is 0 Å². The number of halogens is 1. The third kappa shape index (κ3) is 5.38. The number of aryl methyl sites for hydroxylation is 1. The Morgan fingerprint density at radius 2 is 1.93 bits per heavy atom. The van der Waals surface area contributed by atoms with Crippen LogP contribution in [0.3, 0.4) is 0 Å². The molecule has 2 N–H and O–H groups in total. The normalized spacial score (nSPS) is 12.2. The monoisotopic (exact) mass is 430 g/mol. The molecule has 0 fully saturated rings. The highest BCUT2D eigenvalue weighted by atomic mass is 35.5. The lowest BCUT2D eigenvalue weighted by atomic mass is 10.2. The number of aromatic nitrogens is 3. The fraction of sp³-hybridized carbons (Fsp3) is 0.286. The van der Waals surface area contributed by atoms with Crippen molar-refractivity contribution in [3.8, 4) is 5.69 Å². The molecule has 3 aromatic rings. The van der Waals surface area contributed by atoms with Crippen molar-refractivity contribution in [3.63, 3.8) is 0 Å². The van der Waals surface area contributed by atoms with Crippen molar-refractivity contribution in [1.29, 1.82) is 0 Å². The van der Waals surface area contributed by atoms with E-state index in [9.17, 15) is 4.79 Å². The van der Waals surface area contributed by atoms with Crippen LogP contribution in [0, 0.1) is 6.92 Å². The van der Waals surface area contributed by atoms with Crippen LogP contribution in [0.4, 0.5) is 5.69 Å². The summed E-state index contributed by atoms with van der Waals surface area (Å²) in [5, 5.41) is 13.0. The molecule has 1 aromatic heterocycles. The van der Waals surface area contributed by atoms with Crippen LogP contribution in [0.25, 0.3) is 5.69 Å². The summed E-state index contributed by atoms with van der Waals surface area (Å²) in [6.45, 7) is 4.10. The minimum atomic E-state index is -0.0842. The van der Waals surface area contributed by atoms with E-state index in [0.717, 1.165) is 22.8 Å². The molecule has 0 saturated carbocycles. The Kier molecular flexibility index (Phi) is 6.95. The van der Waals surface area contributed by atoms with E-state index in [1.54, 1.807) is 0 Å². The number of anilines is 1. The molecule has 0 radical (unpaired) electrons. The van der Waals surface area contributed by atoms with Crippen LogP contribution in [0.2, 0.25) is 5.02 Å². The van der Waals surface area contributed by atoms with Gasteiger partial charge in [-0.1, -0.05) is 35.5 Å². The van der Waals surface area contributed by atoms with Gasteiger partial charge in [0.2, 0.25) is 5.91 Å². The number of hydrogen-bond donors (Lipinski definition) is 2. The number of quaternary nitrogens is 1. The second-order valence-electron chi connectivity index (χ2n) is 7.16. The summed E-state index contributed by atoms with van der Waals surface area (Å²) in [7, 11) is 4.15. The number of rotatable bonds is 7. The SMILES string of the molecule is Cc1cccc(NC(=O)CSc2nnc(C(C)[NH+](C)C)n2-c2ccc(Cl)cc2)c1. The molecule has 1 atom stereocenters. The van der Waals surface area contributed by atoms with Gasteiger partial charge in [-0.2, -0.15) is 0 Å². The first-order chi connectivity index (χ1) is 13.8. The molecular formula is C21H25ClN5OS+. The van der Waals surface area contributed by atoms with Crippen LogP contribution in [-0.4, -0.2) is 40.5 Å². The Morgan fingerprint density at radius 3 is 2.59 bits per heavy atom. The minimum absolute atomic E-state index is 0.0842. The summed E-state index contributed by atoms with van der Waals surface area (Å²) in [6.07, 6.45) is 0. The fourth-order valence-electron chi connectivity index (χ4n) is 2.80. The summed E-state index contributed by atoms with van der Waals surface area (Å²) >= 11 is 7.42. The van der Waals surface area contributed by atoms with E-state index in [1.165, 1.54) is 16.7 Å². The summed E-state index contributed by atoms with van der Waals surface area (Å²) in [4.78, 5) is 13.7. The first-order valence-electron chi connectivity index (χ1n) is 9.35.